The molecule has 2 heterocycles. The Morgan fingerprint density at radius 2 is 1.41 bits per heavy atom. The topological polar surface area (TPSA) is 140 Å². The number of carbonyl (C=O) groups excluding carboxylic acids is 5. The molecule has 3 aromatic carbocycles. The molecule has 4 aliphatic rings. The molecule has 6 atom stereocenters. The molecular weight excluding hydrogens is 705 g/mol. The first-order valence-corrected chi connectivity index (χ1v) is 20.3. The maximum atomic E-state index is 14.6. The monoisotopic (exact) mass is 760 g/mol. The van der Waals surface area contributed by atoms with Crippen LogP contribution in [0.4, 0.5) is 0 Å². The lowest BCUT2D eigenvalue weighted by atomic mass is 9.85. The van der Waals surface area contributed by atoms with Crippen LogP contribution in [0.1, 0.15) is 110 Å². The lowest BCUT2D eigenvalue weighted by Gasteiger charge is -2.36. The lowest BCUT2D eigenvalue weighted by molar-refractivity contribution is -0.144. The number of hydrogen-bond donors (Lipinski definition) is 4. The van der Waals surface area contributed by atoms with E-state index in [0.717, 1.165) is 72.8 Å². The summed E-state index contributed by atoms with van der Waals surface area (Å²) in [6.45, 7) is 6.41. The summed E-state index contributed by atoms with van der Waals surface area (Å²) in [4.78, 5) is 71.2. The molecule has 0 bridgehead atoms. The fraction of sp³-hybridized carbons (Fsp3) is 0.489. The van der Waals surface area contributed by atoms with E-state index in [1.807, 2.05) is 57.2 Å². The number of nitrogens with one attached hydrogen (secondary N) is 4. The fourth-order valence-electron chi connectivity index (χ4n) is 9.33. The van der Waals surface area contributed by atoms with Crippen LogP contribution in [-0.4, -0.2) is 78.1 Å². The number of nitrogens with zero attached hydrogens (tertiary/aromatic N) is 2. The Morgan fingerprint density at radius 3 is 2.00 bits per heavy atom. The summed E-state index contributed by atoms with van der Waals surface area (Å²) in [5.74, 6) is -1.08. The summed E-state index contributed by atoms with van der Waals surface area (Å²) in [5.41, 5.74) is 7.09. The van der Waals surface area contributed by atoms with Crippen LogP contribution in [0.5, 0.6) is 0 Å². The molecule has 56 heavy (non-hydrogen) atoms. The van der Waals surface area contributed by atoms with Crippen molar-refractivity contribution in [1.29, 1.82) is 0 Å². The van der Waals surface area contributed by atoms with Gasteiger partial charge in [-0.25, -0.2) is 0 Å². The number of likely N-dealkylation sites (N-methyl/N-ethyl adjacent to an activating group) is 1. The van der Waals surface area contributed by atoms with Crippen molar-refractivity contribution in [2.24, 2.45) is 5.41 Å². The van der Waals surface area contributed by atoms with Crippen molar-refractivity contribution in [3.63, 3.8) is 0 Å². The van der Waals surface area contributed by atoms with E-state index in [9.17, 15) is 24.0 Å². The average Bonchev–Trinajstić information content (AvgIpc) is 3.65. The molecule has 11 heteroatoms. The van der Waals surface area contributed by atoms with E-state index in [1.165, 1.54) is 11.1 Å². The van der Waals surface area contributed by atoms with Gasteiger partial charge in [-0.3, -0.25) is 24.0 Å². The summed E-state index contributed by atoms with van der Waals surface area (Å²) >= 11 is 0. The van der Waals surface area contributed by atoms with Gasteiger partial charge in [-0.15, -0.1) is 0 Å². The van der Waals surface area contributed by atoms with Gasteiger partial charge >= 0.3 is 0 Å². The minimum Gasteiger partial charge on any atom is -0.347 e. The Bertz CT molecular complexity index is 1970. The Kier molecular flexibility index (Phi) is 11.6. The van der Waals surface area contributed by atoms with Gasteiger partial charge in [-0.05, 0) is 96.4 Å². The number of likely N-dealkylation sites (tertiary alicyclic amines) is 1. The van der Waals surface area contributed by atoms with Crippen LogP contribution in [0.2, 0.25) is 0 Å². The van der Waals surface area contributed by atoms with Crippen molar-refractivity contribution in [1.82, 2.24) is 31.1 Å². The Labute approximate surface area is 330 Å². The molecule has 4 N–H and O–H groups in total. The molecule has 0 radical (unpaired) electrons. The van der Waals surface area contributed by atoms with Gasteiger partial charge in [-0.1, -0.05) is 87.5 Å². The van der Waals surface area contributed by atoms with Gasteiger partial charge in [0.2, 0.25) is 30.0 Å². The molecule has 3 aromatic rings. The van der Waals surface area contributed by atoms with E-state index < -0.39 is 23.5 Å². The van der Waals surface area contributed by atoms with Crippen LogP contribution in [0.25, 0.3) is 0 Å². The zero-order valence-corrected chi connectivity index (χ0v) is 33.1. The van der Waals surface area contributed by atoms with Gasteiger partial charge in [0.15, 0.2) is 0 Å². The summed E-state index contributed by atoms with van der Waals surface area (Å²) in [5, 5.41) is 12.4. The van der Waals surface area contributed by atoms with Gasteiger partial charge in [0, 0.05) is 25.4 Å². The van der Waals surface area contributed by atoms with Crippen molar-refractivity contribution in [2.75, 3.05) is 20.1 Å². The van der Waals surface area contributed by atoms with Crippen molar-refractivity contribution >= 4 is 30.0 Å². The molecule has 2 aliphatic heterocycles. The van der Waals surface area contributed by atoms with Crippen molar-refractivity contribution < 1.29 is 24.0 Å². The number of rotatable bonds is 10. The van der Waals surface area contributed by atoms with E-state index in [-0.39, 0.29) is 54.7 Å². The predicted molar refractivity (Wildman–Crippen MR) is 214 cm³/mol. The highest BCUT2D eigenvalue weighted by atomic mass is 16.2. The molecule has 0 spiro atoms. The van der Waals surface area contributed by atoms with Crippen molar-refractivity contribution in [2.45, 2.75) is 115 Å². The van der Waals surface area contributed by atoms with Crippen molar-refractivity contribution in [3.8, 4) is 0 Å². The minimum atomic E-state index is -0.845. The van der Waals surface area contributed by atoms with Gasteiger partial charge < -0.3 is 31.1 Å². The first-order chi connectivity index (χ1) is 26.9. The first-order valence-electron chi connectivity index (χ1n) is 20.3. The molecule has 4 unspecified atom stereocenters. The highest BCUT2D eigenvalue weighted by Gasteiger charge is 2.46. The lowest BCUT2D eigenvalue weighted by Crippen LogP contribution is -2.58. The Hall–Kier alpha value is -5.03. The third kappa shape index (κ3) is 8.24. The number of hydrogen-bond acceptors (Lipinski definition) is 6. The number of aryl methyl sites for hydroxylation is 2. The number of carbonyl (C=O) groups is 5. The maximum absolute atomic E-state index is 14.6. The maximum Gasteiger partial charge on any atom is 0.246 e. The second-order valence-electron chi connectivity index (χ2n) is 17.2. The zero-order chi connectivity index (χ0) is 39.6. The van der Waals surface area contributed by atoms with E-state index in [2.05, 4.69) is 51.6 Å². The molecule has 2 aliphatic carbocycles. The number of amides is 5. The summed E-state index contributed by atoms with van der Waals surface area (Å²) in [6.07, 6.45) is 7.20. The minimum absolute atomic E-state index is 0.0669. The van der Waals surface area contributed by atoms with Gasteiger partial charge in [0.05, 0.1) is 18.6 Å². The van der Waals surface area contributed by atoms with Crippen LogP contribution >= 0.6 is 0 Å². The SMILES string of the molecule is CNCC(=O)N[C@H](C(=O)N1CC(c2ccc3c(c2)CN(C=O)[C@H](C(=O)NC2CCCc4ccccc42)C3)CC1C(=O)NC1CCCc2ccccc21)C(C)(C)C. The highest BCUT2D eigenvalue weighted by Crippen LogP contribution is 2.38. The Morgan fingerprint density at radius 1 is 0.804 bits per heavy atom. The van der Waals surface area contributed by atoms with E-state index in [4.69, 9.17) is 0 Å². The van der Waals surface area contributed by atoms with Crippen LogP contribution < -0.4 is 21.3 Å². The third-order valence-corrected chi connectivity index (χ3v) is 12.3. The van der Waals surface area contributed by atoms with Crippen LogP contribution in [-0.2, 0) is 49.8 Å². The van der Waals surface area contributed by atoms with Gasteiger partial charge in [-0.2, -0.15) is 0 Å². The standard InChI is InChI=1S/C45H56N6O5/c1-45(2,3)41(49-40(53)24-46-4)44(56)51-26-33(23-39(51)43(55)48-37-18-10-14-29-12-6-8-16-35(29)37)30-19-20-31-22-38(50(27-52)25-32(31)21-30)42(54)47-36-17-9-13-28-11-5-7-15-34(28)36/h5-8,11-12,15-16,19-21,27,33,36-39,41,46H,9-10,13-14,17-18,22-26H2,1-4H3,(H,47,54)(H,48,55)(H,49,53)/t33?,36?,37?,38-,39?,41+/m0/s1. The highest BCUT2D eigenvalue weighted by molar-refractivity contribution is 5.94. The third-order valence-electron chi connectivity index (χ3n) is 12.3. The van der Waals surface area contributed by atoms with E-state index >= 15 is 0 Å². The molecule has 0 saturated carbocycles. The fourth-order valence-corrected chi connectivity index (χ4v) is 9.33. The molecule has 11 nitrogen and oxygen atoms in total. The molecule has 7 rings (SSSR count). The average molecular weight is 761 g/mol. The molecule has 296 valence electrons. The van der Waals surface area contributed by atoms with Crippen LogP contribution in [0, 0.1) is 5.41 Å². The number of benzene rings is 3. The molecule has 0 aromatic heterocycles. The summed E-state index contributed by atoms with van der Waals surface area (Å²) in [7, 11) is 1.68. The zero-order valence-electron chi connectivity index (χ0n) is 33.1. The molecular formula is C45H56N6O5. The van der Waals surface area contributed by atoms with E-state index in [1.54, 1.807) is 16.8 Å². The molecule has 5 amide bonds. The second-order valence-corrected chi connectivity index (χ2v) is 17.2. The molecule has 1 saturated heterocycles. The van der Waals surface area contributed by atoms with E-state index in [0.29, 0.717) is 19.4 Å². The van der Waals surface area contributed by atoms with Gasteiger partial charge in [0.25, 0.3) is 0 Å². The summed E-state index contributed by atoms with van der Waals surface area (Å²) in [6, 6.07) is 20.2. The quantitative estimate of drug-likeness (QED) is 0.226. The molecule has 1 fully saturated rings. The number of fused-ring (bicyclic) bond motifs is 3. The predicted octanol–water partition coefficient (Wildman–Crippen LogP) is 4.39. The smallest absolute Gasteiger partial charge is 0.246 e. The van der Waals surface area contributed by atoms with Gasteiger partial charge in [0.1, 0.15) is 18.1 Å². The van der Waals surface area contributed by atoms with Crippen LogP contribution in [0.15, 0.2) is 66.7 Å². The van der Waals surface area contributed by atoms with Crippen molar-refractivity contribution in [3.05, 3.63) is 106 Å². The summed E-state index contributed by atoms with van der Waals surface area (Å²) < 4.78 is 0. The van der Waals surface area contributed by atoms with Crippen LogP contribution in [0.3, 0.4) is 0 Å². The first kappa shape index (κ1) is 39.2. The Balaban J connectivity index is 1.12. The largest absolute Gasteiger partial charge is 0.347 e. The normalized spacial score (nSPS) is 23.5. The second kappa shape index (κ2) is 16.6.